The van der Waals surface area contributed by atoms with Crippen LogP contribution in [0.3, 0.4) is 0 Å². The van der Waals surface area contributed by atoms with E-state index in [1.54, 1.807) is 0 Å². The van der Waals surface area contributed by atoms with E-state index in [1.807, 2.05) is 0 Å². The first-order chi connectivity index (χ1) is 1.41. The van der Waals surface area contributed by atoms with Gasteiger partial charge in [0.25, 0.3) is 0 Å². The second kappa shape index (κ2) is 16.1. The SMILES string of the molecule is Cl.[Cl][Hg][Cl].[Ru]. The molecule has 0 nitrogen and oxygen atoms in total. The van der Waals surface area contributed by atoms with E-state index in [9.17, 15) is 0 Å². The average molecular weight is 409 g/mol. The van der Waals surface area contributed by atoms with Gasteiger partial charge in [0.2, 0.25) is 0 Å². The Morgan fingerprint density at radius 3 is 1.20 bits per heavy atom. The third-order valence-corrected chi connectivity index (χ3v) is 0. The Labute approximate surface area is 69.5 Å². The van der Waals surface area contributed by atoms with E-state index in [-0.39, 0.29) is 31.9 Å². The molecular formula is HCl3HgRu. The molecule has 5 heteroatoms. The number of halogens is 3. The first-order valence-electron chi connectivity index (χ1n) is 0.535. The first-order valence-corrected chi connectivity index (χ1v) is 14.1. The van der Waals surface area contributed by atoms with Crippen molar-refractivity contribution in [3.8, 4) is 0 Å². The van der Waals surface area contributed by atoms with Gasteiger partial charge in [-0.25, -0.2) is 0 Å². The predicted molar refractivity (Wildman–Crippen MR) is 19.0 cm³/mol. The number of hydrogen-bond donors (Lipinski definition) is 0. The van der Waals surface area contributed by atoms with Gasteiger partial charge in [0.05, 0.1) is 0 Å². The minimum Gasteiger partial charge on any atom is 0 e. The van der Waals surface area contributed by atoms with Crippen molar-refractivity contribution in [2.45, 2.75) is 0 Å². The minimum absolute atomic E-state index is 0. The maximum absolute atomic E-state index is 4.99. The van der Waals surface area contributed by atoms with Crippen LogP contribution in [0.2, 0.25) is 0 Å². The molecule has 0 aliphatic heterocycles. The van der Waals surface area contributed by atoms with Crippen molar-refractivity contribution < 1.29 is 41.6 Å². The molecule has 32 valence electrons. The largest absolute Gasteiger partial charge is 0 e. The second-order valence-corrected chi connectivity index (χ2v) is 7.98. The van der Waals surface area contributed by atoms with Crippen molar-refractivity contribution in [2.24, 2.45) is 0 Å². The summed E-state index contributed by atoms with van der Waals surface area (Å²) in [5.74, 6) is 0. The summed E-state index contributed by atoms with van der Waals surface area (Å²) in [5.41, 5.74) is 0. The van der Waals surface area contributed by atoms with Crippen LogP contribution in [0.25, 0.3) is 0 Å². The number of hydrogen-bond acceptors (Lipinski definition) is 0. The van der Waals surface area contributed by atoms with Crippen LogP contribution in [-0.2, 0) is 41.6 Å². The summed E-state index contributed by atoms with van der Waals surface area (Å²) in [6, 6.07) is 0. The average Bonchev–Trinajstić information content (AvgIpc) is 0.918. The van der Waals surface area contributed by atoms with E-state index in [0.29, 0.717) is 0 Å². The molecule has 0 atom stereocenters. The van der Waals surface area contributed by atoms with Gasteiger partial charge in [0.15, 0.2) is 0 Å². The Bertz CT molecular complexity index is 6.85. The van der Waals surface area contributed by atoms with Gasteiger partial charge in [-0.1, -0.05) is 0 Å². The molecule has 0 bridgehead atoms. The van der Waals surface area contributed by atoms with Crippen LogP contribution in [0.5, 0.6) is 0 Å². The van der Waals surface area contributed by atoms with Crippen molar-refractivity contribution in [1.82, 2.24) is 0 Å². The van der Waals surface area contributed by atoms with E-state index in [4.69, 9.17) is 16.5 Å². The van der Waals surface area contributed by atoms with Crippen molar-refractivity contribution in [3.05, 3.63) is 0 Å². The molecule has 0 aromatic rings. The molecule has 0 saturated carbocycles. The van der Waals surface area contributed by atoms with E-state index < -0.39 is 22.1 Å². The van der Waals surface area contributed by atoms with Crippen LogP contribution in [-0.4, -0.2) is 0 Å². The summed E-state index contributed by atoms with van der Waals surface area (Å²) in [7, 11) is 9.97. The smallest absolute Gasteiger partial charge is 0 e. The molecule has 0 aliphatic carbocycles. The normalized spacial score (nSPS) is 2.00. The van der Waals surface area contributed by atoms with E-state index >= 15 is 0 Å². The van der Waals surface area contributed by atoms with E-state index in [2.05, 4.69) is 0 Å². The molecule has 0 heterocycles. The summed E-state index contributed by atoms with van der Waals surface area (Å²) in [4.78, 5) is 0. The van der Waals surface area contributed by atoms with Crippen molar-refractivity contribution in [2.75, 3.05) is 0 Å². The zero-order valence-electron chi connectivity index (χ0n) is 2.22. The van der Waals surface area contributed by atoms with E-state index in [0.717, 1.165) is 0 Å². The van der Waals surface area contributed by atoms with Crippen molar-refractivity contribution >= 4 is 28.9 Å². The fourth-order valence-corrected chi connectivity index (χ4v) is 0. The summed E-state index contributed by atoms with van der Waals surface area (Å²) in [5, 5.41) is 0. The Morgan fingerprint density at radius 1 is 1.20 bits per heavy atom. The molecule has 0 fully saturated rings. The van der Waals surface area contributed by atoms with Gasteiger partial charge in [0, 0.05) is 19.5 Å². The van der Waals surface area contributed by atoms with Gasteiger partial charge in [-0.15, -0.1) is 12.4 Å². The molecule has 0 unspecified atom stereocenters. The molecule has 0 saturated heterocycles. The van der Waals surface area contributed by atoms with Gasteiger partial charge in [-0.3, -0.25) is 0 Å². The number of rotatable bonds is 0. The van der Waals surface area contributed by atoms with Crippen LogP contribution < -0.4 is 0 Å². The Kier molecular flexibility index (Phi) is 50.5. The molecule has 0 aliphatic rings. The zero-order valence-corrected chi connectivity index (χ0v) is 11.8. The third-order valence-electron chi connectivity index (χ3n) is 0. The summed E-state index contributed by atoms with van der Waals surface area (Å²) in [6.07, 6.45) is 0. The molecule has 5 heavy (non-hydrogen) atoms. The molecule has 0 radical (unpaired) electrons. The second-order valence-electron chi connectivity index (χ2n) is 0.101. The molecule has 0 aromatic heterocycles. The molecular weight excluding hydrogens is 408 g/mol. The fraction of sp³-hybridized carbons (Fsp3) is 0. The first kappa shape index (κ1) is 15.7. The van der Waals surface area contributed by atoms with Crippen LogP contribution >= 0.6 is 28.9 Å². The minimum atomic E-state index is -1.14. The summed E-state index contributed by atoms with van der Waals surface area (Å²) in [6.45, 7) is 0. The Hall–Kier alpha value is 2.43. The van der Waals surface area contributed by atoms with E-state index in [1.165, 1.54) is 0 Å². The summed E-state index contributed by atoms with van der Waals surface area (Å²) < 4.78 is 0. The van der Waals surface area contributed by atoms with Crippen LogP contribution in [0, 0.1) is 0 Å². The summed E-state index contributed by atoms with van der Waals surface area (Å²) >= 11 is -1.14. The topological polar surface area (TPSA) is 0 Å². The molecule has 0 spiro atoms. The zero-order chi connectivity index (χ0) is 2.71. The van der Waals surface area contributed by atoms with Crippen LogP contribution in [0.4, 0.5) is 0 Å². The predicted octanol–water partition coefficient (Wildman–Crippen LogP) is 1.80. The Balaban J connectivity index is -0.0000000200. The molecule has 0 rings (SSSR count). The van der Waals surface area contributed by atoms with Gasteiger partial charge in [-0.2, -0.15) is 0 Å². The Morgan fingerprint density at radius 2 is 1.20 bits per heavy atom. The van der Waals surface area contributed by atoms with Crippen LogP contribution in [0.15, 0.2) is 0 Å². The van der Waals surface area contributed by atoms with Gasteiger partial charge >= 0.3 is 38.6 Å². The maximum Gasteiger partial charge on any atom is 0 e. The van der Waals surface area contributed by atoms with Crippen molar-refractivity contribution in [3.63, 3.8) is 0 Å². The fourth-order valence-electron chi connectivity index (χ4n) is 0. The quantitative estimate of drug-likeness (QED) is 0.536. The molecule has 0 amide bonds. The van der Waals surface area contributed by atoms with Gasteiger partial charge in [-0.05, 0) is 0 Å². The monoisotopic (exact) mass is 410 g/mol. The molecule has 0 N–H and O–H groups in total. The molecule has 0 aromatic carbocycles. The van der Waals surface area contributed by atoms with Crippen LogP contribution in [0.1, 0.15) is 0 Å². The standard InChI is InChI=1S/3ClH.Hg.Ru/h3*1H;;/q;;;+2;/p-2. The van der Waals surface area contributed by atoms with Gasteiger partial charge < -0.3 is 0 Å². The van der Waals surface area contributed by atoms with Gasteiger partial charge in [0.1, 0.15) is 0 Å². The third kappa shape index (κ3) is 21.4. The maximum atomic E-state index is 4.99. The van der Waals surface area contributed by atoms with Crippen molar-refractivity contribution in [1.29, 1.82) is 0 Å².